The van der Waals surface area contributed by atoms with E-state index in [0.29, 0.717) is 19.3 Å². The summed E-state index contributed by atoms with van der Waals surface area (Å²) in [4.78, 5) is 20.8. The smallest absolute Gasteiger partial charge is 0.246 e. The maximum absolute atomic E-state index is 11.0. The van der Waals surface area contributed by atoms with E-state index in [1.54, 1.807) is 12.2 Å². The zero-order valence-electron chi connectivity index (χ0n) is 14.6. The average molecular weight is 331 g/mol. The number of allylic oxidation sites excluding steroid dienone is 9. The Hall–Kier alpha value is -2.23. The van der Waals surface area contributed by atoms with Crippen LogP contribution >= 0.6 is 0 Å². The molecule has 0 aliphatic rings. The van der Waals surface area contributed by atoms with E-state index in [-0.39, 0.29) is 10.6 Å². The van der Waals surface area contributed by atoms with Crippen LogP contribution in [0.4, 0.5) is 0 Å². The lowest BCUT2D eigenvalue weighted by Gasteiger charge is -1.94. The van der Waals surface area contributed by atoms with Gasteiger partial charge in [0.2, 0.25) is 5.70 Å². The van der Waals surface area contributed by atoms with Crippen molar-refractivity contribution in [2.75, 3.05) is 0 Å². The van der Waals surface area contributed by atoms with Crippen molar-refractivity contribution < 1.29 is 9.72 Å². The van der Waals surface area contributed by atoms with E-state index in [2.05, 4.69) is 31.2 Å². The number of rotatable bonds is 14. The van der Waals surface area contributed by atoms with Crippen LogP contribution in [0.3, 0.4) is 0 Å². The molecule has 0 atom stereocenters. The summed E-state index contributed by atoms with van der Waals surface area (Å²) < 4.78 is 0. The molecule has 0 saturated carbocycles. The summed E-state index contributed by atoms with van der Waals surface area (Å²) in [6.07, 6.45) is 24.6. The van der Waals surface area contributed by atoms with Crippen LogP contribution in [0.5, 0.6) is 0 Å². The molecule has 132 valence electrons. The van der Waals surface area contributed by atoms with Gasteiger partial charge in [0.1, 0.15) is 6.29 Å². The fourth-order valence-electron chi connectivity index (χ4n) is 1.88. The van der Waals surface area contributed by atoms with Gasteiger partial charge in [0.25, 0.3) is 0 Å². The molecule has 0 aliphatic heterocycles. The van der Waals surface area contributed by atoms with Crippen LogP contribution in [0.2, 0.25) is 0 Å². The van der Waals surface area contributed by atoms with E-state index in [4.69, 9.17) is 0 Å². The molecule has 0 amide bonds. The molecule has 0 aromatic carbocycles. The molecule has 0 heterocycles. The predicted molar refractivity (Wildman–Crippen MR) is 100 cm³/mol. The Morgan fingerprint density at radius 3 is 2.08 bits per heavy atom. The highest BCUT2D eigenvalue weighted by Gasteiger charge is 2.06. The fraction of sp³-hybridized carbons (Fsp3) is 0.450. The highest BCUT2D eigenvalue weighted by Crippen LogP contribution is 2.07. The number of hydrogen-bond acceptors (Lipinski definition) is 3. The van der Waals surface area contributed by atoms with Crippen molar-refractivity contribution >= 4 is 6.29 Å². The quantitative estimate of drug-likeness (QED) is 0.135. The predicted octanol–water partition coefficient (Wildman–Crippen LogP) is 5.71. The number of carbonyl (C=O) groups excluding carboxylic acids is 1. The topological polar surface area (TPSA) is 60.2 Å². The van der Waals surface area contributed by atoms with Gasteiger partial charge in [-0.2, -0.15) is 0 Å². The number of carbonyl (C=O) groups is 1. The lowest BCUT2D eigenvalue weighted by atomic mass is 10.2. The molecule has 0 N–H and O–H groups in total. The standard InChI is InChI=1S/C20H29NO3/c1-2-3-4-5-6-7-8-9-11-14-17-20(21(23)24)18-15-12-10-13-16-19-22/h3-4,6-7,9,11-12,15,17,19H,2,5,8,10,13-14,16,18H2,1H3/b4-3-,7-6-,11-9-,15-12-,20-17+. The van der Waals surface area contributed by atoms with Crippen LogP contribution in [0.1, 0.15) is 58.3 Å². The van der Waals surface area contributed by atoms with Crippen LogP contribution in [0, 0.1) is 10.1 Å². The van der Waals surface area contributed by atoms with Gasteiger partial charge in [-0.15, -0.1) is 0 Å². The molecule has 4 nitrogen and oxygen atoms in total. The lowest BCUT2D eigenvalue weighted by Crippen LogP contribution is -1.97. The minimum Gasteiger partial charge on any atom is -0.303 e. The first-order valence-corrected chi connectivity index (χ1v) is 8.59. The van der Waals surface area contributed by atoms with E-state index >= 15 is 0 Å². The van der Waals surface area contributed by atoms with Gasteiger partial charge < -0.3 is 4.79 Å². The summed E-state index contributed by atoms with van der Waals surface area (Å²) >= 11 is 0. The van der Waals surface area contributed by atoms with Gasteiger partial charge in [-0.1, -0.05) is 55.5 Å². The summed E-state index contributed by atoms with van der Waals surface area (Å²) in [5.41, 5.74) is 0.214. The number of nitrogens with zero attached hydrogens (tertiary/aromatic N) is 1. The van der Waals surface area contributed by atoms with Crippen molar-refractivity contribution in [3.63, 3.8) is 0 Å². The Morgan fingerprint density at radius 2 is 1.50 bits per heavy atom. The van der Waals surface area contributed by atoms with Crippen LogP contribution in [-0.4, -0.2) is 11.2 Å². The normalized spacial score (nSPS) is 13.0. The zero-order chi connectivity index (χ0) is 17.9. The third-order valence-corrected chi connectivity index (χ3v) is 3.19. The Kier molecular flexibility index (Phi) is 15.5. The van der Waals surface area contributed by atoms with Gasteiger partial charge in [-0.3, -0.25) is 10.1 Å². The van der Waals surface area contributed by atoms with E-state index in [0.717, 1.165) is 38.4 Å². The molecule has 0 aromatic rings. The summed E-state index contributed by atoms with van der Waals surface area (Å²) in [5.74, 6) is 0. The summed E-state index contributed by atoms with van der Waals surface area (Å²) in [6.45, 7) is 2.11. The van der Waals surface area contributed by atoms with Gasteiger partial charge >= 0.3 is 0 Å². The second kappa shape index (κ2) is 17.1. The van der Waals surface area contributed by atoms with E-state index in [9.17, 15) is 14.9 Å². The Labute approximate surface area is 145 Å². The summed E-state index contributed by atoms with van der Waals surface area (Å²) in [7, 11) is 0. The number of nitro groups is 1. The number of aldehydes is 1. The first kappa shape index (κ1) is 21.8. The Morgan fingerprint density at radius 1 is 0.875 bits per heavy atom. The molecule has 24 heavy (non-hydrogen) atoms. The molecule has 0 radical (unpaired) electrons. The summed E-state index contributed by atoms with van der Waals surface area (Å²) in [5, 5.41) is 11.0. The molecular formula is C20H29NO3. The molecule has 0 rings (SSSR count). The Balaban J connectivity index is 4.06. The van der Waals surface area contributed by atoms with Crippen LogP contribution < -0.4 is 0 Å². The second-order valence-electron chi connectivity index (χ2n) is 5.26. The maximum atomic E-state index is 11.0. The molecule has 0 spiro atoms. The average Bonchev–Trinajstić information content (AvgIpc) is 2.57. The van der Waals surface area contributed by atoms with Gasteiger partial charge in [0, 0.05) is 6.42 Å². The highest BCUT2D eigenvalue weighted by molar-refractivity contribution is 5.49. The molecular weight excluding hydrogens is 302 g/mol. The van der Waals surface area contributed by atoms with Crippen LogP contribution in [0.25, 0.3) is 0 Å². The monoisotopic (exact) mass is 331 g/mol. The minimum atomic E-state index is -0.330. The summed E-state index contributed by atoms with van der Waals surface area (Å²) in [6, 6.07) is 0. The van der Waals surface area contributed by atoms with Crippen molar-refractivity contribution in [1.29, 1.82) is 0 Å². The molecule has 0 bridgehead atoms. The van der Waals surface area contributed by atoms with Crippen LogP contribution in [-0.2, 0) is 4.79 Å². The minimum absolute atomic E-state index is 0.214. The van der Waals surface area contributed by atoms with Gasteiger partial charge in [-0.05, 0) is 44.6 Å². The Bertz CT molecular complexity index is 485. The highest BCUT2D eigenvalue weighted by atomic mass is 16.6. The molecule has 4 heteroatoms. The van der Waals surface area contributed by atoms with Crippen molar-refractivity contribution in [1.82, 2.24) is 0 Å². The van der Waals surface area contributed by atoms with Gasteiger partial charge in [0.05, 0.1) is 11.3 Å². The lowest BCUT2D eigenvalue weighted by molar-refractivity contribution is -0.427. The largest absolute Gasteiger partial charge is 0.303 e. The SMILES string of the molecule is CC/C=C\C/C=C\C/C=C\C/C=C(\C/C=C\CCCC=O)[N+](=O)[O-]. The molecule has 0 fully saturated rings. The molecule has 0 aliphatic carbocycles. The first-order chi connectivity index (χ1) is 11.7. The third kappa shape index (κ3) is 14.7. The van der Waals surface area contributed by atoms with Crippen molar-refractivity contribution in [3.8, 4) is 0 Å². The number of hydrogen-bond donors (Lipinski definition) is 0. The first-order valence-electron chi connectivity index (χ1n) is 8.59. The second-order valence-corrected chi connectivity index (χ2v) is 5.26. The van der Waals surface area contributed by atoms with Crippen molar-refractivity contribution in [3.05, 3.63) is 70.5 Å². The molecule has 0 aromatic heterocycles. The van der Waals surface area contributed by atoms with E-state index in [1.807, 2.05) is 18.2 Å². The van der Waals surface area contributed by atoms with E-state index < -0.39 is 0 Å². The molecule has 0 unspecified atom stereocenters. The van der Waals surface area contributed by atoms with Gasteiger partial charge in [-0.25, -0.2) is 0 Å². The van der Waals surface area contributed by atoms with Gasteiger partial charge in [0.15, 0.2) is 0 Å². The number of unbranched alkanes of at least 4 members (excludes halogenated alkanes) is 2. The zero-order valence-corrected chi connectivity index (χ0v) is 14.6. The van der Waals surface area contributed by atoms with E-state index in [1.165, 1.54) is 0 Å². The van der Waals surface area contributed by atoms with Crippen molar-refractivity contribution in [2.24, 2.45) is 0 Å². The maximum Gasteiger partial charge on any atom is 0.246 e. The van der Waals surface area contributed by atoms with Crippen molar-refractivity contribution in [2.45, 2.75) is 58.3 Å². The molecule has 0 saturated heterocycles. The fourth-order valence-corrected chi connectivity index (χ4v) is 1.88. The van der Waals surface area contributed by atoms with Crippen LogP contribution in [0.15, 0.2) is 60.4 Å². The third-order valence-electron chi connectivity index (χ3n) is 3.19.